The summed E-state index contributed by atoms with van der Waals surface area (Å²) in [6.45, 7) is 2.92. The number of methoxy groups -OCH3 is 1. The second-order valence-electron chi connectivity index (χ2n) is 6.07. The maximum atomic E-state index is 12.2. The molecule has 0 unspecified atom stereocenters. The Labute approximate surface area is 166 Å². The van der Waals surface area contributed by atoms with Crippen LogP contribution in [0.5, 0.6) is 11.5 Å². The molecule has 0 aromatic heterocycles. The van der Waals surface area contributed by atoms with Gasteiger partial charge >= 0.3 is 0 Å². The van der Waals surface area contributed by atoms with Crippen molar-refractivity contribution in [2.24, 2.45) is 0 Å². The summed E-state index contributed by atoms with van der Waals surface area (Å²) in [5.41, 5.74) is 1.29. The summed E-state index contributed by atoms with van der Waals surface area (Å²) in [5.74, 6) is 1.24. The number of anilines is 1. The van der Waals surface area contributed by atoms with Gasteiger partial charge < -0.3 is 14.8 Å². The van der Waals surface area contributed by atoms with Gasteiger partial charge in [-0.3, -0.25) is 10.1 Å². The Hall–Kier alpha value is -2.60. The molecular weight excluding hydrogens is 360 g/mol. The van der Waals surface area contributed by atoms with E-state index in [1.165, 1.54) is 19.3 Å². The quantitative estimate of drug-likeness (QED) is 0.480. The van der Waals surface area contributed by atoms with Gasteiger partial charge in [0.25, 0.3) is 5.91 Å². The monoisotopic (exact) mass is 386 g/mol. The van der Waals surface area contributed by atoms with Gasteiger partial charge in [-0.05, 0) is 67.2 Å². The van der Waals surface area contributed by atoms with Crippen LogP contribution in [0.25, 0.3) is 0 Å². The number of ether oxygens (including phenoxy) is 2. The number of nitrogens with one attached hydrogen (secondary N) is 2. The number of thiocarbonyl (C=S) groups is 1. The first-order chi connectivity index (χ1) is 13.1. The van der Waals surface area contributed by atoms with Gasteiger partial charge in [0.05, 0.1) is 13.7 Å². The zero-order valence-electron chi connectivity index (χ0n) is 15.8. The maximum Gasteiger partial charge on any atom is 0.257 e. The number of unbranched alkanes of at least 4 members (excludes halogenated alkanes) is 3. The lowest BCUT2D eigenvalue weighted by Crippen LogP contribution is -2.34. The van der Waals surface area contributed by atoms with Crippen LogP contribution in [0, 0.1) is 0 Å². The van der Waals surface area contributed by atoms with Crippen molar-refractivity contribution in [2.75, 3.05) is 19.0 Å². The standard InChI is InChI=1S/C21H26N2O3S/c1-3-4-5-6-15-26-19-13-9-17(10-14-19)22-21(27)23-20(24)16-7-11-18(25-2)12-8-16/h7-14H,3-6,15H2,1-2H3,(H2,22,23,24,27). The molecule has 5 nitrogen and oxygen atoms in total. The van der Waals surface area contributed by atoms with E-state index in [0.717, 1.165) is 24.5 Å². The lowest BCUT2D eigenvalue weighted by Gasteiger charge is -2.11. The molecule has 0 radical (unpaired) electrons. The molecular formula is C21H26N2O3S. The highest BCUT2D eigenvalue weighted by Crippen LogP contribution is 2.16. The number of rotatable bonds is 9. The Morgan fingerprint density at radius 3 is 2.26 bits per heavy atom. The average molecular weight is 387 g/mol. The Morgan fingerprint density at radius 2 is 1.63 bits per heavy atom. The summed E-state index contributed by atoms with van der Waals surface area (Å²) in [4.78, 5) is 12.2. The van der Waals surface area contributed by atoms with Gasteiger partial charge in [0, 0.05) is 11.3 Å². The van der Waals surface area contributed by atoms with Crippen LogP contribution in [0.15, 0.2) is 48.5 Å². The molecule has 0 aliphatic carbocycles. The Morgan fingerprint density at radius 1 is 0.963 bits per heavy atom. The van der Waals surface area contributed by atoms with E-state index in [1.807, 2.05) is 24.3 Å². The van der Waals surface area contributed by atoms with E-state index >= 15 is 0 Å². The molecule has 0 spiro atoms. The van der Waals surface area contributed by atoms with Crippen LogP contribution in [0.2, 0.25) is 0 Å². The average Bonchev–Trinajstić information content (AvgIpc) is 2.69. The van der Waals surface area contributed by atoms with Crippen LogP contribution >= 0.6 is 12.2 Å². The number of hydrogen-bond donors (Lipinski definition) is 2. The van der Waals surface area contributed by atoms with Crippen molar-refractivity contribution in [3.63, 3.8) is 0 Å². The van der Waals surface area contributed by atoms with Crippen molar-refractivity contribution < 1.29 is 14.3 Å². The summed E-state index contributed by atoms with van der Waals surface area (Å²) in [6.07, 6.45) is 4.72. The largest absolute Gasteiger partial charge is 0.497 e. The molecule has 0 bridgehead atoms. The van der Waals surface area contributed by atoms with E-state index in [1.54, 1.807) is 31.4 Å². The van der Waals surface area contributed by atoms with Gasteiger partial charge in [-0.15, -0.1) is 0 Å². The fourth-order valence-electron chi connectivity index (χ4n) is 2.43. The van der Waals surface area contributed by atoms with Crippen LogP contribution in [-0.4, -0.2) is 24.7 Å². The normalized spacial score (nSPS) is 10.1. The summed E-state index contributed by atoms with van der Waals surface area (Å²) >= 11 is 5.21. The first-order valence-corrected chi connectivity index (χ1v) is 9.52. The molecule has 2 N–H and O–H groups in total. The highest BCUT2D eigenvalue weighted by molar-refractivity contribution is 7.80. The van der Waals surface area contributed by atoms with Crippen molar-refractivity contribution in [3.8, 4) is 11.5 Å². The first-order valence-electron chi connectivity index (χ1n) is 9.11. The highest BCUT2D eigenvalue weighted by atomic mass is 32.1. The smallest absolute Gasteiger partial charge is 0.257 e. The molecule has 0 aliphatic heterocycles. The summed E-state index contributed by atoms with van der Waals surface area (Å²) < 4.78 is 10.8. The van der Waals surface area contributed by atoms with Gasteiger partial charge in [-0.25, -0.2) is 0 Å². The molecule has 0 fully saturated rings. The molecule has 2 aromatic rings. The van der Waals surface area contributed by atoms with Crippen LogP contribution in [0.4, 0.5) is 5.69 Å². The second kappa shape index (κ2) is 11.2. The van der Waals surface area contributed by atoms with E-state index in [-0.39, 0.29) is 11.0 Å². The molecule has 2 rings (SSSR count). The van der Waals surface area contributed by atoms with Crippen molar-refractivity contribution in [1.29, 1.82) is 0 Å². The lowest BCUT2D eigenvalue weighted by atomic mass is 10.2. The van der Waals surface area contributed by atoms with E-state index in [4.69, 9.17) is 21.7 Å². The molecule has 27 heavy (non-hydrogen) atoms. The Bertz CT molecular complexity index is 730. The molecule has 0 saturated carbocycles. The molecule has 0 aliphatic rings. The van der Waals surface area contributed by atoms with Crippen molar-refractivity contribution >= 4 is 28.9 Å². The Kier molecular flexibility index (Phi) is 8.58. The minimum Gasteiger partial charge on any atom is -0.497 e. The fraction of sp³-hybridized carbons (Fsp3) is 0.333. The van der Waals surface area contributed by atoms with E-state index in [9.17, 15) is 4.79 Å². The summed E-state index contributed by atoms with van der Waals surface area (Å²) in [7, 11) is 1.58. The fourth-order valence-corrected chi connectivity index (χ4v) is 2.64. The van der Waals surface area contributed by atoms with Gasteiger partial charge in [0.1, 0.15) is 11.5 Å². The lowest BCUT2D eigenvalue weighted by molar-refractivity contribution is 0.0977. The van der Waals surface area contributed by atoms with E-state index < -0.39 is 0 Å². The minimum absolute atomic E-state index is 0.240. The van der Waals surface area contributed by atoms with E-state index in [0.29, 0.717) is 11.3 Å². The third-order valence-corrected chi connectivity index (χ3v) is 4.16. The third-order valence-electron chi connectivity index (χ3n) is 3.96. The summed E-state index contributed by atoms with van der Waals surface area (Å²) in [6, 6.07) is 14.3. The van der Waals surface area contributed by atoms with Crippen LogP contribution < -0.4 is 20.1 Å². The highest BCUT2D eigenvalue weighted by Gasteiger charge is 2.08. The molecule has 6 heteroatoms. The molecule has 2 aromatic carbocycles. The maximum absolute atomic E-state index is 12.2. The molecule has 144 valence electrons. The van der Waals surface area contributed by atoms with Crippen molar-refractivity contribution in [1.82, 2.24) is 5.32 Å². The van der Waals surface area contributed by atoms with Gasteiger partial charge in [0.2, 0.25) is 0 Å². The van der Waals surface area contributed by atoms with Crippen LogP contribution in [0.3, 0.4) is 0 Å². The number of carbonyl (C=O) groups excluding carboxylic acids is 1. The molecule has 1 amide bonds. The van der Waals surface area contributed by atoms with Crippen LogP contribution in [-0.2, 0) is 0 Å². The zero-order valence-corrected chi connectivity index (χ0v) is 16.6. The van der Waals surface area contributed by atoms with Gasteiger partial charge in [0.15, 0.2) is 5.11 Å². The zero-order chi connectivity index (χ0) is 19.5. The Balaban J connectivity index is 1.78. The molecule has 0 saturated heterocycles. The number of hydrogen-bond acceptors (Lipinski definition) is 4. The molecule has 0 atom stereocenters. The van der Waals surface area contributed by atoms with Crippen molar-refractivity contribution in [2.45, 2.75) is 32.6 Å². The molecule has 0 heterocycles. The number of benzene rings is 2. The van der Waals surface area contributed by atoms with E-state index in [2.05, 4.69) is 17.6 Å². The second-order valence-corrected chi connectivity index (χ2v) is 6.48. The third kappa shape index (κ3) is 7.27. The first kappa shape index (κ1) is 20.7. The summed E-state index contributed by atoms with van der Waals surface area (Å²) in [5, 5.41) is 5.90. The topological polar surface area (TPSA) is 59.6 Å². The number of carbonyl (C=O) groups is 1. The minimum atomic E-state index is -0.276. The SMILES string of the molecule is CCCCCCOc1ccc(NC(=S)NC(=O)c2ccc(OC)cc2)cc1. The predicted molar refractivity (Wildman–Crippen MR) is 113 cm³/mol. The van der Waals surface area contributed by atoms with Crippen LogP contribution in [0.1, 0.15) is 43.0 Å². The van der Waals surface area contributed by atoms with Gasteiger partial charge in [-0.1, -0.05) is 26.2 Å². The number of amides is 1. The van der Waals surface area contributed by atoms with Crippen molar-refractivity contribution in [3.05, 3.63) is 54.1 Å². The predicted octanol–water partition coefficient (Wildman–Crippen LogP) is 4.78. The van der Waals surface area contributed by atoms with Gasteiger partial charge in [-0.2, -0.15) is 0 Å².